The minimum Gasteiger partial charge on any atom is -0.481 e. The molecule has 0 bridgehead atoms. The zero-order valence-electron chi connectivity index (χ0n) is 9.65. The fourth-order valence-corrected chi connectivity index (χ4v) is 2.13. The highest BCUT2D eigenvalue weighted by molar-refractivity contribution is 5.89. The Hall–Kier alpha value is -1.59. The smallest absolute Gasteiger partial charge is 0.305 e. The van der Waals surface area contributed by atoms with Crippen molar-refractivity contribution < 1.29 is 19.5 Å². The lowest BCUT2D eigenvalue weighted by molar-refractivity contribution is -0.140. The second kappa shape index (κ2) is 6.22. The summed E-state index contributed by atoms with van der Waals surface area (Å²) in [6, 6.07) is -1.11. The molecule has 1 rings (SSSR count). The van der Waals surface area contributed by atoms with E-state index in [2.05, 4.69) is 5.32 Å². The van der Waals surface area contributed by atoms with Crippen LogP contribution in [-0.4, -0.2) is 28.9 Å². The quantitative estimate of drug-likeness (QED) is 0.609. The van der Waals surface area contributed by atoms with Gasteiger partial charge in [-0.05, 0) is 18.8 Å². The maximum atomic E-state index is 11.6. The molecule has 4 N–H and O–H groups in total. The van der Waals surface area contributed by atoms with Gasteiger partial charge in [-0.15, -0.1) is 0 Å². The zero-order valence-corrected chi connectivity index (χ0v) is 9.65. The Bertz CT molecular complexity index is 311. The van der Waals surface area contributed by atoms with Crippen molar-refractivity contribution in [2.45, 2.75) is 44.6 Å². The highest BCUT2D eigenvalue weighted by Gasteiger charge is 2.24. The van der Waals surface area contributed by atoms with E-state index in [0.29, 0.717) is 12.3 Å². The summed E-state index contributed by atoms with van der Waals surface area (Å²) in [4.78, 5) is 33.0. The van der Waals surface area contributed by atoms with Gasteiger partial charge >= 0.3 is 5.97 Å². The summed E-state index contributed by atoms with van der Waals surface area (Å²) in [5.74, 6) is -1.91. The number of rotatable bonds is 6. The summed E-state index contributed by atoms with van der Waals surface area (Å²) < 4.78 is 0. The van der Waals surface area contributed by atoms with Crippen LogP contribution in [0.2, 0.25) is 0 Å². The van der Waals surface area contributed by atoms with E-state index < -0.39 is 24.3 Å². The van der Waals surface area contributed by atoms with Crippen molar-refractivity contribution in [3.8, 4) is 0 Å². The lowest BCUT2D eigenvalue weighted by Crippen LogP contribution is -2.46. The van der Waals surface area contributed by atoms with Crippen molar-refractivity contribution >= 4 is 17.8 Å². The summed E-state index contributed by atoms with van der Waals surface area (Å²) in [5.41, 5.74) is 5.02. The Labute approximate surface area is 99.6 Å². The van der Waals surface area contributed by atoms with Crippen LogP contribution in [0.4, 0.5) is 0 Å². The average Bonchev–Trinajstić information content (AvgIpc) is 2.68. The monoisotopic (exact) mass is 242 g/mol. The van der Waals surface area contributed by atoms with Crippen molar-refractivity contribution in [3.63, 3.8) is 0 Å². The largest absolute Gasteiger partial charge is 0.481 e. The summed E-state index contributed by atoms with van der Waals surface area (Å²) in [6.45, 7) is 0. The number of nitrogens with two attached hydrogens (primary N) is 1. The van der Waals surface area contributed by atoms with Crippen LogP contribution >= 0.6 is 0 Å². The third-order valence-electron chi connectivity index (χ3n) is 3.01. The van der Waals surface area contributed by atoms with Crippen LogP contribution in [0.1, 0.15) is 38.5 Å². The molecule has 0 saturated heterocycles. The van der Waals surface area contributed by atoms with Crippen LogP contribution in [-0.2, 0) is 14.4 Å². The molecule has 17 heavy (non-hydrogen) atoms. The molecular formula is C11H18N2O4. The van der Waals surface area contributed by atoms with Gasteiger partial charge in [-0.25, -0.2) is 0 Å². The van der Waals surface area contributed by atoms with Gasteiger partial charge in [0, 0.05) is 6.42 Å². The molecule has 1 aliphatic carbocycles. The lowest BCUT2D eigenvalue weighted by atomic mass is 10.0. The molecule has 0 spiro atoms. The standard InChI is InChI=1S/C11H18N2O4/c12-11(17)8(6-10(15)16)13-9(14)5-7-3-1-2-4-7/h7-8H,1-6H2,(H2,12,17)(H,13,14)(H,15,16)/t8-/m1/s1. The van der Waals surface area contributed by atoms with Gasteiger partial charge in [0.15, 0.2) is 0 Å². The van der Waals surface area contributed by atoms with E-state index in [9.17, 15) is 14.4 Å². The minimum absolute atomic E-state index is 0.290. The molecule has 2 amide bonds. The van der Waals surface area contributed by atoms with E-state index in [1.54, 1.807) is 0 Å². The SMILES string of the molecule is NC(=O)[C@@H](CC(=O)O)NC(=O)CC1CCCC1. The highest BCUT2D eigenvalue weighted by atomic mass is 16.4. The van der Waals surface area contributed by atoms with Crippen molar-refractivity contribution in [1.82, 2.24) is 5.32 Å². The number of amides is 2. The van der Waals surface area contributed by atoms with E-state index in [-0.39, 0.29) is 5.91 Å². The Morgan fingerprint density at radius 2 is 1.88 bits per heavy atom. The van der Waals surface area contributed by atoms with Crippen LogP contribution in [0.15, 0.2) is 0 Å². The first-order chi connectivity index (χ1) is 7.99. The van der Waals surface area contributed by atoms with Crippen LogP contribution < -0.4 is 11.1 Å². The van der Waals surface area contributed by atoms with Crippen LogP contribution in [0.25, 0.3) is 0 Å². The van der Waals surface area contributed by atoms with Gasteiger partial charge in [-0.3, -0.25) is 14.4 Å². The molecule has 0 unspecified atom stereocenters. The number of carbonyl (C=O) groups excluding carboxylic acids is 2. The maximum absolute atomic E-state index is 11.6. The van der Waals surface area contributed by atoms with Crippen molar-refractivity contribution in [1.29, 1.82) is 0 Å². The molecule has 0 aromatic rings. The number of carboxylic acid groups (broad SMARTS) is 1. The van der Waals surface area contributed by atoms with Crippen LogP contribution in [0.5, 0.6) is 0 Å². The first-order valence-electron chi connectivity index (χ1n) is 5.79. The Balaban J connectivity index is 2.40. The number of carboxylic acids is 1. The van der Waals surface area contributed by atoms with Crippen molar-refractivity contribution in [2.75, 3.05) is 0 Å². The van der Waals surface area contributed by atoms with Crippen LogP contribution in [0, 0.1) is 5.92 Å². The summed E-state index contributed by atoms with van der Waals surface area (Å²) in [6.07, 6.45) is 4.19. The third-order valence-corrected chi connectivity index (χ3v) is 3.01. The predicted octanol–water partition coefficient (Wildman–Crippen LogP) is 0.0115. The van der Waals surface area contributed by atoms with Gasteiger partial charge in [0.2, 0.25) is 11.8 Å². The summed E-state index contributed by atoms with van der Waals surface area (Å²) in [5, 5.41) is 11.0. The Kier molecular flexibility index (Phi) is 4.93. The van der Waals surface area contributed by atoms with E-state index in [0.717, 1.165) is 25.7 Å². The summed E-state index contributed by atoms with van der Waals surface area (Å²) in [7, 11) is 0. The number of primary amides is 1. The Morgan fingerprint density at radius 1 is 1.29 bits per heavy atom. The molecule has 0 heterocycles. The first-order valence-corrected chi connectivity index (χ1v) is 5.79. The van der Waals surface area contributed by atoms with Gasteiger partial charge in [0.05, 0.1) is 6.42 Å². The number of hydrogen-bond acceptors (Lipinski definition) is 3. The van der Waals surface area contributed by atoms with E-state index >= 15 is 0 Å². The maximum Gasteiger partial charge on any atom is 0.305 e. The topological polar surface area (TPSA) is 109 Å². The molecule has 1 aliphatic rings. The predicted molar refractivity (Wildman–Crippen MR) is 60.0 cm³/mol. The second-order valence-electron chi connectivity index (χ2n) is 4.47. The third kappa shape index (κ3) is 4.84. The lowest BCUT2D eigenvalue weighted by Gasteiger charge is -2.15. The van der Waals surface area contributed by atoms with Gasteiger partial charge in [-0.1, -0.05) is 12.8 Å². The number of nitrogens with one attached hydrogen (secondary N) is 1. The first kappa shape index (κ1) is 13.5. The van der Waals surface area contributed by atoms with Gasteiger partial charge in [0.25, 0.3) is 0 Å². The molecule has 1 saturated carbocycles. The molecule has 1 atom stereocenters. The molecular weight excluding hydrogens is 224 g/mol. The molecule has 1 fully saturated rings. The fraction of sp³-hybridized carbons (Fsp3) is 0.727. The van der Waals surface area contributed by atoms with Gasteiger partial charge in [-0.2, -0.15) is 0 Å². The molecule has 6 nitrogen and oxygen atoms in total. The molecule has 0 aromatic carbocycles. The molecule has 6 heteroatoms. The van der Waals surface area contributed by atoms with Gasteiger partial charge < -0.3 is 16.2 Å². The number of hydrogen-bond donors (Lipinski definition) is 3. The fourth-order valence-electron chi connectivity index (χ4n) is 2.13. The van der Waals surface area contributed by atoms with Gasteiger partial charge in [0.1, 0.15) is 6.04 Å². The molecule has 96 valence electrons. The van der Waals surface area contributed by atoms with E-state index in [4.69, 9.17) is 10.8 Å². The highest BCUT2D eigenvalue weighted by Crippen LogP contribution is 2.27. The summed E-state index contributed by atoms with van der Waals surface area (Å²) >= 11 is 0. The van der Waals surface area contributed by atoms with Crippen LogP contribution in [0.3, 0.4) is 0 Å². The second-order valence-corrected chi connectivity index (χ2v) is 4.47. The van der Waals surface area contributed by atoms with Crippen molar-refractivity contribution in [3.05, 3.63) is 0 Å². The average molecular weight is 242 g/mol. The van der Waals surface area contributed by atoms with Crippen molar-refractivity contribution in [2.24, 2.45) is 11.7 Å². The van der Waals surface area contributed by atoms with E-state index in [1.165, 1.54) is 0 Å². The molecule has 0 aromatic heterocycles. The normalized spacial score (nSPS) is 17.6. The molecule has 0 radical (unpaired) electrons. The minimum atomic E-state index is -1.16. The molecule has 0 aliphatic heterocycles. The number of carbonyl (C=O) groups is 3. The van der Waals surface area contributed by atoms with E-state index in [1.807, 2.05) is 0 Å². The number of aliphatic carboxylic acids is 1. The Morgan fingerprint density at radius 3 is 2.35 bits per heavy atom. The zero-order chi connectivity index (χ0) is 12.8.